The molecule has 0 unspecified atom stereocenters. The topological polar surface area (TPSA) is 38.3 Å². The van der Waals surface area contributed by atoms with Gasteiger partial charge >= 0.3 is 6.09 Å². The van der Waals surface area contributed by atoms with Gasteiger partial charge in [-0.1, -0.05) is 73.5 Å². The van der Waals surface area contributed by atoms with Crippen molar-refractivity contribution < 1.29 is 9.53 Å². The van der Waals surface area contributed by atoms with Gasteiger partial charge in [-0.3, -0.25) is 0 Å². The van der Waals surface area contributed by atoms with Crippen molar-refractivity contribution in [1.82, 2.24) is 5.32 Å². The van der Waals surface area contributed by atoms with E-state index in [4.69, 9.17) is 4.74 Å². The van der Waals surface area contributed by atoms with Crippen LogP contribution in [0.1, 0.15) is 96.9 Å². The van der Waals surface area contributed by atoms with Crippen molar-refractivity contribution in [2.75, 3.05) is 0 Å². The van der Waals surface area contributed by atoms with E-state index in [1.165, 1.54) is 11.1 Å². The fourth-order valence-electron chi connectivity index (χ4n) is 5.20. The van der Waals surface area contributed by atoms with Gasteiger partial charge in [-0.25, -0.2) is 4.79 Å². The molecule has 0 aromatic heterocycles. The van der Waals surface area contributed by atoms with Gasteiger partial charge in [0.2, 0.25) is 0 Å². The quantitative estimate of drug-likeness (QED) is 0.523. The highest BCUT2D eigenvalue weighted by atomic mass is 16.6. The number of allylic oxidation sites excluding steroid dienone is 1. The van der Waals surface area contributed by atoms with Crippen LogP contribution in [0.15, 0.2) is 11.1 Å². The SMILES string of the molecule is CC1=C(C(C)(C)C)C(C)(C)C(C)(C)[C@@](C)(NC(=O)OC(C)(C)C)C1(C)C. The fourth-order valence-corrected chi connectivity index (χ4v) is 5.20. The highest BCUT2D eigenvalue weighted by Gasteiger charge is 2.64. The van der Waals surface area contributed by atoms with E-state index < -0.39 is 11.1 Å². The molecule has 1 rings (SSSR count). The molecule has 1 aliphatic carbocycles. The third kappa shape index (κ3) is 3.31. The maximum Gasteiger partial charge on any atom is 0.408 e. The Labute approximate surface area is 162 Å². The average molecular weight is 366 g/mol. The highest BCUT2D eigenvalue weighted by molar-refractivity contribution is 5.70. The minimum absolute atomic E-state index is 0.0649. The second kappa shape index (κ2) is 6.01. The highest BCUT2D eigenvalue weighted by Crippen LogP contribution is 2.66. The van der Waals surface area contributed by atoms with Gasteiger partial charge < -0.3 is 10.1 Å². The molecule has 3 heteroatoms. The normalized spacial score (nSPS) is 27.9. The minimum Gasteiger partial charge on any atom is -0.444 e. The molecule has 1 amide bonds. The molecule has 0 radical (unpaired) electrons. The van der Waals surface area contributed by atoms with Gasteiger partial charge in [0.25, 0.3) is 0 Å². The van der Waals surface area contributed by atoms with Crippen LogP contribution in [0.25, 0.3) is 0 Å². The van der Waals surface area contributed by atoms with Crippen molar-refractivity contribution in [1.29, 1.82) is 0 Å². The van der Waals surface area contributed by atoms with Gasteiger partial charge in [-0.15, -0.1) is 0 Å². The Morgan fingerprint density at radius 3 is 1.62 bits per heavy atom. The first-order valence-corrected chi connectivity index (χ1v) is 9.86. The fraction of sp³-hybridized carbons (Fsp3) is 0.870. The van der Waals surface area contributed by atoms with Crippen LogP contribution in [-0.4, -0.2) is 17.2 Å². The number of carbonyl (C=O) groups is 1. The summed E-state index contributed by atoms with van der Waals surface area (Å²) in [5.41, 5.74) is 1.44. The van der Waals surface area contributed by atoms with E-state index in [9.17, 15) is 4.79 Å². The third-order valence-electron chi connectivity index (χ3n) is 7.50. The Morgan fingerprint density at radius 1 is 0.846 bits per heavy atom. The number of ether oxygens (including phenoxy) is 1. The van der Waals surface area contributed by atoms with Crippen LogP contribution in [-0.2, 0) is 4.74 Å². The van der Waals surface area contributed by atoms with Crippen molar-refractivity contribution in [3.63, 3.8) is 0 Å². The van der Waals surface area contributed by atoms with Gasteiger partial charge in [-0.2, -0.15) is 0 Å². The van der Waals surface area contributed by atoms with Gasteiger partial charge in [0.15, 0.2) is 0 Å². The van der Waals surface area contributed by atoms with Crippen LogP contribution in [0.2, 0.25) is 0 Å². The molecule has 0 aromatic carbocycles. The van der Waals surface area contributed by atoms with Gasteiger partial charge in [-0.05, 0) is 50.9 Å². The van der Waals surface area contributed by atoms with Crippen molar-refractivity contribution >= 4 is 6.09 Å². The summed E-state index contributed by atoms with van der Waals surface area (Å²) < 4.78 is 5.62. The zero-order valence-electron chi connectivity index (χ0n) is 19.8. The first kappa shape index (κ1) is 23.0. The van der Waals surface area contributed by atoms with E-state index in [1.54, 1.807) is 0 Å². The minimum atomic E-state index is -0.514. The lowest BCUT2D eigenvalue weighted by atomic mass is 9.41. The maximum absolute atomic E-state index is 12.8. The second-order valence-corrected chi connectivity index (χ2v) is 11.9. The number of hydrogen-bond donors (Lipinski definition) is 1. The van der Waals surface area contributed by atoms with Crippen LogP contribution in [0.5, 0.6) is 0 Å². The molecular formula is C23H43NO2. The first-order valence-electron chi connectivity index (χ1n) is 9.86. The van der Waals surface area contributed by atoms with Crippen molar-refractivity contribution in [3.05, 3.63) is 11.1 Å². The monoisotopic (exact) mass is 365 g/mol. The number of amides is 1. The summed E-state index contributed by atoms with van der Waals surface area (Å²) in [5.74, 6) is 0. The molecule has 0 aromatic rings. The Bertz CT molecular complexity index is 609. The Balaban J connectivity index is 3.65. The molecule has 0 saturated heterocycles. The molecule has 0 saturated carbocycles. The van der Waals surface area contributed by atoms with E-state index in [0.29, 0.717) is 0 Å². The van der Waals surface area contributed by atoms with Crippen LogP contribution in [0, 0.1) is 21.7 Å². The van der Waals surface area contributed by atoms with Crippen LogP contribution < -0.4 is 5.32 Å². The van der Waals surface area contributed by atoms with E-state index in [1.807, 2.05) is 20.8 Å². The van der Waals surface area contributed by atoms with Crippen LogP contribution in [0.4, 0.5) is 4.79 Å². The lowest BCUT2D eigenvalue weighted by Gasteiger charge is -2.66. The second-order valence-electron chi connectivity index (χ2n) is 11.9. The molecule has 26 heavy (non-hydrogen) atoms. The zero-order chi connectivity index (χ0) is 21.1. The summed E-state index contributed by atoms with van der Waals surface area (Å²) in [7, 11) is 0. The number of rotatable bonds is 1. The summed E-state index contributed by atoms with van der Waals surface area (Å²) in [6, 6.07) is 0. The molecule has 1 atom stereocenters. The summed E-state index contributed by atoms with van der Waals surface area (Å²) in [4.78, 5) is 12.8. The van der Waals surface area contributed by atoms with Crippen LogP contribution >= 0.6 is 0 Å². The lowest BCUT2D eigenvalue weighted by Crippen LogP contribution is -2.71. The van der Waals surface area contributed by atoms with Crippen molar-refractivity contribution in [2.24, 2.45) is 21.7 Å². The molecule has 152 valence electrons. The number of carbonyl (C=O) groups excluding carboxylic acids is 1. The van der Waals surface area contributed by atoms with Crippen molar-refractivity contribution in [3.8, 4) is 0 Å². The molecule has 0 aliphatic heterocycles. The van der Waals surface area contributed by atoms with Gasteiger partial charge in [0.1, 0.15) is 5.60 Å². The number of nitrogens with one attached hydrogen (secondary N) is 1. The predicted octanol–water partition coefficient (Wildman–Crippen LogP) is 6.72. The summed E-state index contributed by atoms with van der Waals surface area (Å²) in [6.07, 6.45) is -0.344. The van der Waals surface area contributed by atoms with Gasteiger partial charge in [0.05, 0.1) is 5.54 Å². The molecule has 0 bridgehead atoms. The largest absolute Gasteiger partial charge is 0.444 e. The molecule has 1 aliphatic rings. The first-order chi connectivity index (χ1) is 11.1. The summed E-state index contributed by atoms with van der Waals surface area (Å²) in [6.45, 7) is 30.7. The number of hydrogen-bond acceptors (Lipinski definition) is 2. The van der Waals surface area contributed by atoms with E-state index in [2.05, 4.69) is 81.5 Å². The maximum atomic E-state index is 12.8. The van der Waals surface area contributed by atoms with E-state index in [0.717, 1.165) is 0 Å². The molecular weight excluding hydrogens is 322 g/mol. The average Bonchev–Trinajstić information content (AvgIpc) is 2.31. The molecule has 3 nitrogen and oxygen atoms in total. The van der Waals surface area contributed by atoms with Gasteiger partial charge in [0, 0.05) is 5.41 Å². The summed E-state index contributed by atoms with van der Waals surface area (Å²) >= 11 is 0. The van der Waals surface area contributed by atoms with Crippen molar-refractivity contribution in [2.45, 2.75) is 108 Å². The Hall–Kier alpha value is -0.990. The number of alkyl carbamates (subject to hydrolysis) is 1. The van der Waals surface area contributed by atoms with Crippen LogP contribution in [0.3, 0.4) is 0 Å². The molecule has 0 spiro atoms. The van der Waals surface area contributed by atoms with E-state index in [-0.39, 0.29) is 27.8 Å². The Morgan fingerprint density at radius 2 is 1.27 bits per heavy atom. The molecule has 1 N–H and O–H groups in total. The predicted molar refractivity (Wildman–Crippen MR) is 111 cm³/mol. The Kier molecular flexibility index (Phi) is 5.32. The molecule has 0 fully saturated rings. The third-order valence-corrected chi connectivity index (χ3v) is 7.50. The molecule has 0 heterocycles. The smallest absolute Gasteiger partial charge is 0.408 e. The zero-order valence-corrected chi connectivity index (χ0v) is 19.8. The van der Waals surface area contributed by atoms with E-state index >= 15 is 0 Å². The lowest BCUT2D eigenvalue weighted by molar-refractivity contribution is -0.0644. The standard InChI is InChI=1S/C23H43NO2/c1-15-16(18(2,3)4)21(10,11)22(12,13)23(14,20(15,8)9)24-17(25)26-19(5,6)7/h1-14H3,(H,24,25)/t23-/m0/s1. The summed E-state index contributed by atoms with van der Waals surface area (Å²) in [5, 5.41) is 3.30.